The number of aromatic amines is 1. The van der Waals surface area contributed by atoms with E-state index < -0.39 is 58.0 Å². The third kappa shape index (κ3) is 7.70. The predicted octanol–water partition coefficient (Wildman–Crippen LogP) is -1.89. The number of aromatic nitrogens is 2. The van der Waals surface area contributed by atoms with Crippen LogP contribution in [0.15, 0.2) is 21.9 Å². The molecule has 1 aromatic rings. The quantitative estimate of drug-likeness (QED) is 0.180. The minimum atomic E-state index is -5.13. The largest absolute Gasteiger partial charge is 0.481 e. The number of likely N-dealkylation sites (N-methyl/N-ethyl adjacent to an activating group) is 1. The topological polar surface area (TPSA) is 207 Å². The molecule has 0 radical (unpaired) electrons. The zero-order chi connectivity index (χ0) is 23.6. The van der Waals surface area contributed by atoms with E-state index in [-0.39, 0.29) is 6.61 Å². The standard InChI is InChI=1S/C14H25N3O12P2/c1-17(2,3)6-7-26-30(22,23)29-31(24,25)27-8-9-11(19)12(20)13(28-9)16-5-4-10(18)15-14(16)21/h4-5,9,11-13,19-20H,6-8H2,1-3H3,(H2-,15,18,21,22,23,24,25)/p+1/t9-,11?,12?,13+/m0/s1. The van der Waals surface area contributed by atoms with Gasteiger partial charge in [0.2, 0.25) is 0 Å². The molecule has 0 aliphatic carbocycles. The maximum atomic E-state index is 12.0. The molecule has 1 aliphatic rings. The highest BCUT2D eigenvalue weighted by Crippen LogP contribution is 2.60. The van der Waals surface area contributed by atoms with Gasteiger partial charge in [0.1, 0.15) is 31.5 Å². The zero-order valence-electron chi connectivity index (χ0n) is 16.9. The van der Waals surface area contributed by atoms with Crippen molar-refractivity contribution in [2.75, 3.05) is 40.9 Å². The van der Waals surface area contributed by atoms with Gasteiger partial charge in [0.15, 0.2) is 6.23 Å². The molecular weight excluding hydrogens is 464 g/mol. The summed E-state index contributed by atoms with van der Waals surface area (Å²) in [5.74, 6) is 0. The lowest BCUT2D eigenvalue weighted by molar-refractivity contribution is -0.870. The van der Waals surface area contributed by atoms with Crippen molar-refractivity contribution in [2.45, 2.75) is 24.5 Å². The van der Waals surface area contributed by atoms with Crippen molar-refractivity contribution in [3.05, 3.63) is 33.1 Å². The molecule has 0 amide bonds. The molecule has 178 valence electrons. The number of ether oxygens (including phenoxy) is 1. The van der Waals surface area contributed by atoms with Crippen molar-refractivity contribution in [1.82, 2.24) is 9.55 Å². The van der Waals surface area contributed by atoms with Gasteiger partial charge < -0.3 is 29.2 Å². The van der Waals surface area contributed by atoms with Crippen LogP contribution < -0.4 is 11.2 Å². The first-order valence-electron chi connectivity index (χ1n) is 8.90. The van der Waals surface area contributed by atoms with Crippen LogP contribution in [0.2, 0.25) is 0 Å². The van der Waals surface area contributed by atoms with E-state index in [1.54, 1.807) is 21.1 Å². The van der Waals surface area contributed by atoms with Crippen molar-refractivity contribution >= 4 is 15.6 Å². The molecule has 1 aliphatic heterocycles. The number of phosphoric ester groups is 2. The molecule has 1 fully saturated rings. The highest BCUT2D eigenvalue weighted by molar-refractivity contribution is 7.61. The Bertz CT molecular complexity index is 972. The second-order valence-electron chi connectivity index (χ2n) is 7.73. The number of aliphatic hydroxyl groups excluding tert-OH is 2. The van der Waals surface area contributed by atoms with Crippen LogP contribution in [-0.2, 0) is 27.2 Å². The van der Waals surface area contributed by atoms with E-state index in [2.05, 4.69) is 13.4 Å². The van der Waals surface area contributed by atoms with E-state index in [1.807, 2.05) is 4.98 Å². The predicted molar refractivity (Wildman–Crippen MR) is 103 cm³/mol. The molecule has 0 saturated carbocycles. The lowest BCUT2D eigenvalue weighted by Crippen LogP contribution is -2.37. The summed E-state index contributed by atoms with van der Waals surface area (Å²) in [6, 6.07) is 0.987. The van der Waals surface area contributed by atoms with Gasteiger partial charge in [-0.25, -0.2) is 13.9 Å². The third-order valence-corrected chi connectivity index (χ3v) is 6.72. The molecular formula is C14H26N3O12P2+. The number of quaternary nitrogens is 1. The highest BCUT2D eigenvalue weighted by Gasteiger charge is 2.46. The molecule has 6 atom stereocenters. The van der Waals surface area contributed by atoms with Gasteiger partial charge in [-0.15, -0.1) is 0 Å². The Morgan fingerprint density at radius 1 is 1.13 bits per heavy atom. The Labute approximate surface area is 176 Å². The summed E-state index contributed by atoms with van der Waals surface area (Å²) in [5, 5.41) is 20.2. The lowest BCUT2D eigenvalue weighted by atomic mass is 10.1. The number of nitrogens with one attached hydrogen (secondary N) is 1. The first-order valence-corrected chi connectivity index (χ1v) is 11.9. The molecule has 2 rings (SSSR count). The summed E-state index contributed by atoms with van der Waals surface area (Å²) in [6.45, 7) is -0.793. The van der Waals surface area contributed by atoms with Gasteiger partial charge in [0.05, 0.1) is 27.7 Å². The SMILES string of the molecule is C[N+](C)(C)CCOP(=O)(O)OP(=O)(O)OC[C@@H]1O[C@@H](n2ccc(=O)[nH]c2=O)C(O)C1O. The smallest absolute Gasteiger partial charge is 0.387 e. The third-order valence-electron chi connectivity index (χ3n) is 4.09. The Morgan fingerprint density at radius 3 is 2.32 bits per heavy atom. The molecule has 0 bridgehead atoms. The van der Waals surface area contributed by atoms with Crippen LogP contribution in [0.25, 0.3) is 0 Å². The summed E-state index contributed by atoms with van der Waals surface area (Å²) in [6.07, 6.45) is -5.14. The van der Waals surface area contributed by atoms with Crippen molar-refractivity contribution in [3.8, 4) is 0 Å². The number of nitrogens with zero attached hydrogens (tertiary/aromatic N) is 2. The van der Waals surface area contributed by atoms with E-state index in [4.69, 9.17) is 4.74 Å². The summed E-state index contributed by atoms with van der Waals surface area (Å²) < 4.78 is 43.7. The second-order valence-corrected chi connectivity index (χ2v) is 10.8. The number of rotatable bonds is 10. The van der Waals surface area contributed by atoms with Crippen LogP contribution in [0.1, 0.15) is 6.23 Å². The Kier molecular flexibility index (Phi) is 8.17. The summed E-state index contributed by atoms with van der Waals surface area (Å²) in [4.78, 5) is 44.2. The fraction of sp³-hybridized carbons (Fsp3) is 0.714. The summed E-state index contributed by atoms with van der Waals surface area (Å²) in [7, 11) is -4.69. The van der Waals surface area contributed by atoms with Gasteiger partial charge >= 0.3 is 21.3 Å². The molecule has 5 N–H and O–H groups in total. The normalized spacial score (nSPS) is 28.2. The molecule has 1 aromatic heterocycles. The molecule has 17 heteroatoms. The van der Waals surface area contributed by atoms with Crippen LogP contribution in [0.3, 0.4) is 0 Å². The van der Waals surface area contributed by atoms with Crippen molar-refractivity contribution in [1.29, 1.82) is 0 Å². The van der Waals surface area contributed by atoms with Gasteiger partial charge in [-0.3, -0.25) is 23.4 Å². The molecule has 15 nitrogen and oxygen atoms in total. The number of hydrogen-bond acceptors (Lipinski definition) is 10. The maximum Gasteiger partial charge on any atom is 0.481 e. The van der Waals surface area contributed by atoms with Crippen LogP contribution in [0.4, 0.5) is 0 Å². The molecule has 0 aromatic carbocycles. The summed E-state index contributed by atoms with van der Waals surface area (Å²) >= 11 is 0. The number of H-pyrrole nitrogens is 1. The van der Waals surface area contributed by atoms with Crippen LogP contribution in [-0.4, -0.2) is 93.2 Å². The van der Waals surface area contributed by atoms with Gasteiger partial charge in [-0.1, -0.05) is 0 Å². The average molecular weight is 490 g/mol. The van der Waals surface area contributed by atoms with Crippen LogP contribution in [0.5, 0.6) is 0 Å². The molecule has 0 spiro atoms. The summed E-state index contributed by atoms with van der Waals surface area (Å²) in [5.41, 5.74) is -1.61. The zero-order valence-corrected chi connectivity index (χ0v) is 18.7. The first-order chi connectivity index (χ1) is 14.1. The van der Waals surface area contributed by atoms with Gasteiger partial charge in [0, 0.05) is 12.3 Å². The average Bonchev–Trinajstić information content (AvgIpc) is 2.86. The monoisotopic (exact) mass is 490 g/mol. The van der Waals surface area contributed by atoms with E-state index in [1.165, 1.54) is 0 Å². The van der Waals surface area contributed by atoms with Gasteiger partial charge in [-0.05, 0) is 0 Å². The van der Waals surface area contributed by atoms with E-state index in [0.717, 1.165) is 16.8 Å². The lowest BCUT2D eigenvalue weighted by Gasteiger charge is -2.24. The van der Waals surface area contributed by atoms with Gasteiger partial charge in [-0.2, -0.15) is 4.31 Å². The number of phosphoric acid groups is 2. The van der Waals surface area contributed by atoms with Crippen molar-refractivity contribution < 1.29 is 51.7 Å². The van der Waals surface area contributed by atoms with E-state index in [0.29, 0.717) is 11.0 Å². The van der Waals surface area contributed by atoms with E-state index >= 15 is 0 Å². The van der Waals surface area contributed by atoms with Crippen molar-refractivity contribution in [3.63, 3.8) is 0 Å². The fourth-order valence-corrected chi connectivity index (χ4v) is 4.57. The van der Waals surface area contributed by atoms with E-state index in [9.17, 15) is 38.7 Å². The van der Waals surface area contributed by atoms with Gasteiger partial charge in [0.25, 0.3) is 5.56 Å². The minimum Gasteiger partial charge on any atom is -0.387 e. The Balaban J connectivity index is 1.96. The fourth-order valence-electron chi connectivity index (χ4n) is 2.50. The first kappa shape index (κ1) is 26.0. The second kappa shape index (κ2) is 9.73. The molecule has 31 heavy (non-hydrogen) atoms. The Hall–Kier alpha value is -1.22. The maximum absolute atomic E-state index is 12.0. The van der Waals surface area contributed by atoms with Crippen LogP contribution >= 0.6 is 15.6 Å². The number of aliphatic hydroxyl groups is 2. The molecule has 2 heterocycles. The van der Waals surface area contributed by atoms with Crippen molar-refractivity contribution in [2.24, 2.45) is 0 Å². The highest BCUT2D eigenvalue weighted by atomic mass is 31.3. The minimum absolute atomic E-state index is 0.247. The molecule has 1 saturated heterocycles. The molecule has 4 unspecified atom stereocenters. The van der Waals surface area contributed by atoms with Crippen LogP contribution in [0, 0.1) is 0 Å². The Morgan fingerprint density at radius 2 is 1.74 bits per heavy atom. The number of hydrogen-bond donors (Lipinski definition) is 5.